The second-order valence-electron chi connectivity index (χ2n) is 5.87. The van der Waals surface area contributed by atoms with Crippen molar-refractivity contribution in [2.45, 2.75) is 19.3 Å². The lowest BCUT2D eigenvalue weighted by molar-refractivity contribution is -0.116. The Kier molecular flexibility index (Phi) is 3.92. The van der Waals surface area contributed by atoms with Gasteiger partial charge in [-0.05, 0) is 50.2 Å². The third-order valence-corrected chi connectivity index (χ3v) is 4.25. The van der Waals surface area contributed by atoms with Crippen LogP contribution in [0.25, 0.3) is 0 Å². The van der Waals surface area contributed by atoms with Crippen molar-refractivity contribution in [2.24, 2.45) is 0 Å². The topological polar surface area (TPSA) is 52.7 Å². The Morgan fingerprint density at radius 1 is 1.14 bits per heavy atom. The number of anilines is 1. The van der Waals surface area contributed by atoms with Crippen LogP contribution < -0.4 is 5.32 Å². The minimum atomic E-state index is 0.0529. The Hall–Kier alpha value is -1.88. The molecule has 21 heavy (non-hydrogen) atoms. The lowest BCUT2D eigenvalue weighted by Crippen LogP contribution is -2.34. The fraction of sp³-hybridized carbons (Fsp3) is 0.500. The van der Waals surface area contributed by atoms with Gasteiger partial charge in [0.15, 0.2) is 0 Å². The summed E-state index contributed by atoms with van der Waals surface area (Å²) in [4.78, 5) is 28.2. The fourth-order valence-corrected chi connectivity index (χ4v) is 2.95. The summed E-state index contributed by atoms with van der Waals surface area (Å²) in [6, 6.07) is 5.61. The molecule has 0 saturated carbocycles. The van der Waals surface area contributed by atoms with E-state index in [4.69, 9.17) is 0 Å². The number of fused-ring (bicyclic) bond motifs is 1. The molecule has 5 nitrogen and oxygen atoms in total. The Morgan fingerprint density at radius 2 is 2.00 bits per heavy atom. The van der Waals surface area contributed by atoms with Gasteiger partial charge in [-0.3, -0.25) is 9.59 Å². The van der Waals surface area contributed by atoms with Crippen LogP contribution in [0.1, 0.15) is 28.8 Å². The number of rotatable bonds is 1. The molecule has 1 N–H and O–H groups in total. The highest BCUT2D eigenvalue weighted by Gasteiger charge is 2.21. The molecule has 1 aromatic carbocycles. The van der Waals surface area contributed by atoms with E-state index in [-0.39, 0.29) is 11.8 Å². The second kappa shape index (κ2) is 5.85. The molecule has 3 rings (SSSR count). The van der Waals surface area contributed by atoms with Crippen LogP contribution in [0, 0.1) is 0 Å². The highest BCUT2D eigenvalue weighted by atomic mass is 16.2. The molecule has 1 aromatic rings. The van der Waals surface area contributed by atoms with Gasteiger partial charge in [-0.15, -0.1) is 0 Å². The minimum Gasteiger partial charge on any atom is -0.337 e. The van der Waals surface area contributed by atoms with Gasteiger partial charge in [0.1, 0.15) is 0 Å². The van der Waals surface area contributed by atoms with Crippen molar-refractivity contribution in [1.82, 2.24) is 9.80 Å². The predicted octanol–water partition coefficient (Wildman–Crippen LogP) is 1.35. The number of carbonyl (C=O) groups excluding carboxylic acids is 2. The molecule has 2 heterocycles. The lowest BCUT2D eigenvalue weighted by atomic mass is 10.00. The zero-order chi connectivity index (χ0) is 14.8. The zero-order valence-corrected chi connectivity index (χ0v) is 12.4. The third kappa shape index (κ3) is 3.08. The van der Waals surface area contributed by atoms with Gasteiger partial charge in [-0.1, -0.05) is 0 Å². The molecule has 0 aromatic heterocycles. The molecule has 0 atom stereocenters. The summed E-state index contributed by atoms with van der Waals surface area (Å²) in [5.41, 5.74) is 2.64. The molecule has 0 spiro atoms. The van der Waals surface area contributed by atoms with Gasteiger partial charge >= 0.3 is 0 Å². The van der Waals surface area contributed by atoms with Gasteiger partial charge in [-0.25, -0.2) is 0 Å². The molecule has 1 saturated heterocycles. The van der Waals surface area contributed by atoms with Crippen molar-refractivity contribution in [3.8, 4) is 0 Å². The van der Waals surface area contributed by atoms with Crippen LogP contribution in [-0.4, -0.2) is 54.8 Å². The van der Waals surface area contributed by atoms with E-state index in [9.17, 15) is 9.59 Å². The molecule has 1 fully saturated rings. The van der Waals surface area contributed by atoms with Crippen molar-refractivity contribution in [3.05, 3.63) is 29.3 Å². The number of hydrogen-bond donors (Lipinski definition) is 1. The maximum atomic E-state index is 12.6. The molecule has 5 heteroatoms. The van der Waals surface area contributed by atoms with E-state index in [1.807, 2.05) is 23.1 Å². The number of nitrogens with zero attached hydrogens (tertiary/aromatic N) is 2. The number of nitrogens with one attached hydrogen (secondary N) is 1. The normalized spacial score (nSPS) is 19.7. The number of amides is 2. The molecule has 112 valence electrons. The van der Waals surface area contributed by atoms with Gasteiger partial charge in [0.25, 0.3) is 5.91 Å². The first-order valence-corrected chi connectivity index (χ1v) is 7.54. The van der Waals surface area contributed by atoms with E-state index in [0.29, 0.717) is 12.8 Å². The van der Waals surface area contributed by atoms with Crippen molar-refractivity contribution in [3.63, 3.8) is 0 Å². The molecular formula is C16H21N3O2. The maximum absolute atomic E-state index is 12.6. The van der Waals surface area contributed by atoms with Crippen molar-refractivity contribution >= 4 is 17.5 Å². The fourth-order valence-electron chi connectivity index (χ4n) is 2.95. The van der Waals surface area contributed by atoms with Crippen LogP contribution >= 0.6 is 0 Å². The van der Waals surface area contributed by atoms with E-state index in [1.165, 1.54) is 0 Å². The van der Waals surface area contributed by atoms with Gasteiger partial charge in [0, 0.05) is 37.3 Å². The molecule has 0 bridgehead atoms. The van der Waals surface area contributed by atoms with Crippen LogP contribution in [0.4, 0.5) is 5.69 Å². The van der Waals surface area contributed by atoms with E-state index in [1.54, 1.807) is 0 Å². The third-order valence-electron chi connectivity index (χ3n) is 4.25. The first-order valence-electron chi connectivity index (χ1n) is 7.54. The summed E-state index contributed by atoms with van der Waals surface area (Å²) in [6.45, 7) is 3.56. The molecule has 2 amide bonds. The number of carbonyl (C=O) groups is 2. The number of likely N-dealkylation sites (N-methyl/N-ethyl adjacent to an activating group) is 1. The van der Waals surface area contributed by atoms with Gasteiger partial charge in [-0.2, -0.15) is 0 Å². The predicted molar refractivity (Wildman–Crippen MR) is 81.4 cm³/mol. The summed E-state index contributed by atoms with van der Waals surface area (Å²) >= 11 is 0. The smallest absolute Gasteiger partial charge is 0.253 e. The SMILES string of the molecule is CN1CCCN(C(=O)c2ccc3c(c2)CCC(=O)N3)CC1. The number of aryl methyl sites for hydroxylation is 1. The Labute approximate surface area is 124 Å². The first-order chi connectivity index (χ1) is 10.1. The summed E-state index contributed by atoms with van der Waals surface area (Å²) < 4.78 is 0. The summed E-state index contributed by atoms with van der Waals surface area (Å²) in [6.07, 6.45) is 2.23. The van der Waals surface area contributed by atoms with Gasteiger partial charge in [0.2, 0.25) is 5.91 Å². The molecule has 0 aliphatic carbocycles. The largest absolute Gasteiger partial charge is 0.337 e. The van der Waals surface area contributed by atoms with E-state index in [0.717, 1.165) is 49.4 Å². The second-order valence-corrected chi connectivity index (χ2v) is 5.87. The van der Waals surface area contributed by atoms with E-state index < -0.39 is 0 Å². The lowest BCUT2D eigenvalue weighted by Gasteiger charge is -2.22. The van der Waals surface area contributed by atoms with Crippen LogP contribution in [0.3, 0.4) is 0 Å². The van der Waals surface area contributed by atoms with Crippen LogP contribution in [0.2, 0.25) is 0 Å². The molecule has 0 unspecified atom stereocenters. The molecule has 2 aliphatic heterocycles. The van der Waals surface area contributed by atoms with Gasteiger partial charge in [0.05, 0.1) is 0 Å². The first kappa shape index (κ1) is 14.1. The molecular weight excluding hydrogens is 266 g/mol. The van der Waals surface area contributed by atoms with E-state index >= 15 is 0 Å². The number of benzene rings is 1. The molecule has 0 radical (unpaired) electrons. The average molecular weight is 287 g/mol. The standard InChI is InChI=1S/C16H21N3O2/c1-18-7-2-8-19(10-9-18)16(21)13-3-5-14-12(11-13)4-6-15(20)17-14/h3,5,11H,2,4,6-10H2,1H3,(H,17,20). The van der Waals surface area contributed by atoms with Crippen LogP contribution in [0.15, 0.2) is 18.2 Å². The van der Waals surface area contributed by atoms with Crippen molar-refractivity contribution in [1.29, 1.82) is 0 Å². The summed E-state index contributed by atoms with van der Waals surface area (Å²) in [5.74, 6) is 0.155. The molecule has 2 aliphatic rings. The Bertz CT molecular complexity index is 571. The summed E-state index contributed by atoms with van der Waals surface area (Å²) in [7, 11) is 2.09. The Balaban J connectivity index is 1.77. The maximum Gasteiger partial charge on any atom is 0.253 e. The highest BCUT2D eigenvalue weighted by molar-refractivity contribution is 5.98. The monoisotopic (exact) mass is 287 g/mol. The minimum absolute atomic E-state index is 0.0529. The zero-order valence-electron chi connectivity index (χ0n) is 12.4. The van der Waals surface area contributed by atoms with Crippen molar-refractivity contribution in [2.75, 3.05) is 38.5 Å². The van der Waals surface area contributed by atoms with E-state index in [2.05, 4.69) is 17.3 Å². The quantitative estimate of drug-likeness (QED) is 0.848. The highest BCUT2D eigenvalue weighted by Crippen LogP contribution is 2.24. The summed E-state index contributed by atoms with van der Waals surface area (Å²) in [5, 5.41) is 2.85. The van der Waals surface area contributed by atoms with Crippen LogP contribution in [-0.2, 0) is 11.2 Å². The Morgan fingerprint density at radius 3 is 2.86 bits per heavy atom. The van der Waals surface area contributed by atoms with Crippen LogP contribution in [0.5, 0.6) is 0 Å². The van der Waals surface area contributed by atoms with Crippen molar-refractivity contribution < 1.29 is 9.59 Å². The number of hydrogen-bond acceptors (Lipinski definition) is 3. The average Bonchev–Trinajstić information content (AvgIpc) is 2.70. The van der Waals surface area contributed by atoms with Gasteiger partial charge < -0.3 is 15.1 Å².